The van der Waals surface area contributed by atoms with Crippen molar-refractivity contribution >= 4 is 17.4 Å². The Labute approximate surface area is 173 Å². The number of rotatable bonds is 5. The molecule has 2 aliphatic rings. The van der Waals surface area contributed by atoms with E-state index in [1.807, 2.05) is 24.5 Å². The molecule has 7 heteroatoms. The van der Waals surface area contributed by atoms with E-state index in [9.17, 15) is 4.39 Å². The average molecular weight is 413 g/mol. The molecule has 3 heterocycles. The van der Waals surface area contributed by atoms with Gasteiger partial charge in [0.15, 0.2) is 0 Å². The van der Waals surface area contributed by atoms with Gasteiger partial charge in [0, 0.05) is 36.8 Å². The normalized spacial score (nSPS) is 24.0. The van der Waals surface area contributed by atoms with Crippen LogP contribution in [0.5, 0.6) is 0 Å². The summed E-state index contributed by atoms with van der Waals surface area (Å²) in [7, 11) is 0. The van der Waals surface area contributed by atoms with Crippen molar-refractivity contribution in [3.8, 4) is 11.3 Å². The first-order valence-corrected chi connectivity index (χ1v) is 10.3. The molecule has 29 heavy (non-hydrogen) atoms. The summed E-state index contributed by atoms with van der Waals surface area (Å²) in [6, 6.07) is 10.4. The number of anilines is 1. The Morgan fingerprint density at radius 3 is 2.62 bits per heavy atom. The van der Waals surface area contributed by atoms with Gasteiger partial charge < -0.3 is 9.73 Å². The highest BCUT2D eigenvalue weighted by Gasteiger charge is 2.40. The standard InChI is InChI=1S/C22H22ClFN4O/c23-20-2-1-17(24)9-19(20)21-3-4-22(27-26-21)25-18-7-15-11-28(12-16(15)8-18)10-14-5-6-29-13-14/h1-6,9,13,15-16,18H,7-8,10-12H2,(H,25,27)/t15-,16+,18+. The van der Waals surface area contributed by atoms with E-state index in [1.165, 1.54) is 23.8 Å². The molecule has 150 valence electrons. The van der Waals surface area contributed by atoms with Crippen molar-refractivity contribution < 1.29 is 8.81 Å². The van der Waals surface area contributed by atoms with Crippen LogP contribution in [0.3, 0.4) is 0 Å². The van der Waals surface area contributed by atoms with Crippen molar-refractivity contribution in [2.75, 3.05) is 18.4 Å². The fourth-order valence-electron chi connectivity index (χ4n) is 4.74. The van der Waals surface area contributed by atoms with Crippen LogP contribution in [0.1, 0.15) is 18.4 Å². The quantitative estimate of drug-likeness (QED) is 0.649. The summed E-state index contributed by atoms with van der Waals surface area (Å²) in [4.78, 5) is 2.52. The summed E-state index contributed by atoms with van der Waals surface area (Å²) in [5.74, 6) is 1.85. The molecule has 0 bridgehead atoms. The number of furan rings is 1. The van der Waals surface area contributed by atoms with E-state index in [0.29, 0.717) is 22.3 Å². The van der Waals surface area contributed by atoms with Crippen LogP contribution < -0.4 is 5.32 Å². The van der Waals surface area contributed by atoms with Crippen LogP contribution >= 0.6 is 11.6 Å². The smallest absolute Gasteiger partial charge is 0.148 e. The van der Waals surface area contributed by atoms with E-state index < -0.39 is 0 Å². The molecule has 0 spiro atoms. The number of likely N-dealkylation sites (tertiary alicyclic amines) is 1. The van der Waals surface area contributed by atoms with Crippen molar-refractivity contribution in [3.05, 3.63) is 65.3 Å². The lowest BCUT2D eigenvalue weighted by Crippen LogP contribution is -2.25. The molecule has 2 fully saturated rings. The third kappa shape index (κ3) is 4.00. The van der Waals surface area contributed by atoms with Gasteiger partial charge in [0.25, 0.3) is 0 Å². The van der Waals surface area contributed by atoms with Gasteiger partial charge in [-0.25, -0.2) is 4.39 Å². The van der Waals surface area contributed by atoms with Crippen molar-refractivity contribution in [1.29, 1.82) is 0 Å². The number of nitrogens with one attached hydrogen (secondary N) is 1. The number of halogens is 2. The van der Waals surface area contributed by atoms with Crippen molar-refractivity contribution in [2.45, 2.75) is 25.4 Å². The zero-order valence-electron chi connectivity index (χ0n) is 15.9. The Morgan fingerprint density at radius 1 is 1.10 bits per heavy atom. The molecule has 1 saturated carbocycles. The van der Waals surface area contributed by atoms with E-state index >= 15 is 0 Å². The fourth-order valence-corrected chi connectivity index (χ4v) is 4.96. The van der Waals surface area contributed by atoms with E-state index in [1.54, 1.807) is 6.26 Å². The summed E-state index contributed by atoms with van der Waals surface area (Å²) >= 11 is 6.16. The molecule has 1 aliphatic heterocycles. The van der Waals surface area contributed by atoms with Crippen LogP contribution in [-0.2, 0) is 6.54 Å². The predicted octanol–water partition coefficient (Wildman–Crippen LogP) is 4.85. The second-order valence-electron chi connectivity index (χ2n) is 8.09. The van der Waals surface area contributed by atoms with Gasteiger partial charge in [0.2, 0.25) is 0 Å². The number of benzene rings is 1. The van der Waals surface area contributed by atoms with Gasteiger partial charge >= 0.3 is 0 Å². The number of hydrogen-bond donors (Lipinski definition) is 1. The summed E-state index contributed by atoms with van der Waals surface area (Å²) in [6.45, 7) is 3.24. The highest BCUT2D eigenvalue weighted by Crippen LogP contribution is 2.39. The fraction of sp³-hybridized carbons (Fsp3) is 0.364. The van der Waals surface area contributed by atoms with Gasteiger partial charge in [-0.2, -0.15) is 0 Å². The maximum absolute atomic E-state index is 13.5. The van der Waals surface area contributed by atoms with Crippen LogP contribution in [0.25, 0.3) is 11.3 Å². The lowest BCUT2D eigenvalue weighted by Gasteiger charge is -2.19. The molecule has 5 rings (SSSR count). The van der Waals surface area contributed by atoms with Crippen LogP contribution in [0.15, 0.2) is 53.3 Å². The molecular weight excluding hydrogens is 391 g/mol. The number of hydrogen-bond acceptors (Lipinski definition) is 5. The third-order valence-electron chi connectivity index (χ3n) is 6.03. The SMILES string of the molecule is Fc1ccc(Cl)c(-c2ccc(N[C@H]3C[C@@H]4CN(Cc5ccoc5)C[C@@H]4C3)nn2)c1. The first kappa shape index (κ1) is 18.6. The first-order chi connectivity index (χ1) is 14.1. The van der Waals surface area contributed by atoms with Crippen LogP contribution in [-0.4, -0.2) is 34.2 Å². The van der Waals surface area contributed by atoms with E-state index in [2.05, 4.69) is 20.4 Å². The highest BCUT2D eigenvalue weighted by molar-refractivity contribution is 6.33. The molecule has 1 N–H and O–H groups in total. The Balaban J connectivity index is 1.18. The summed E-state index contributed by atoms with van der Waals surface area (Å²) < 4.78 is 18.7. The summed E-state index contributed by atoms with van der Waals surface area (Å²) in [5, 5.41) is 12.5. The molecule has 5 nitrogen and oxygen atoms in total. The van der Waals surface area contributed by atoms with Gasteiger partial charge in [-0.15, -0.1) is 10.2 Å². The van der Waals surface area contributed by atoms with Gasteiger partial charge in [-0.3, -0.25) is 4.90 Å². The number of fused-ring (bicyclic) bond motifs is 1. The second-order valence-corrected chi connectivity index (χ2v) is 8.49. The second kappa shape index (κ2) is 7.76. The minimum absolute atomic E-state index is 0.340. The molecule has 0 unspecified atom stereocenters. The molecule has 2 aromatic heterocycles. The number of aromatic nitrogens is 2. The van der Waals surface area contributed by atoms with Gasteiger partial charge in [0.1, 0.15) is 11.6 Å². The zero-order chi connectivity index (χ0) is 19.8. The molecule has 1 saturated heterocycles. The topological polar surface area (TPSA) is 54.2 Å². The maximum atomic E-state index is 13.5. The Kier molecular flexibility index (Phi) is 4.97. The highest BCUT2D eigenvalue weighted by atomic mass is 35.5. The predicted molar refractivity (Wildman–Crippen MR) is 110 cm³/mol. The average Bonchev–Trinajstić information content (AvgIpc) is 3.42. The Morgan fingerprint density at radius 2 is 1.93 bits per heavy atom. The monoisotopic (exact) mass is 412 g/mol. The van der Waals surface area contributed by atoms with Gasteiger partial charge in [-0.05, 0) is 61.1 Å². The molecular formula is C22H22ClFN4O. The molecule has 0 radical (unpaired) electrons. The van der Waals surface area contributed by atoms with Crippen molar-refractivity contribution in [2.24, 2.45) is 11.8 Å². The Bertz CT molecular complexity index is 965. The van der Waals surface area contributed by atoms with E-state index in [4.69, 9.17) is 16.0 Å². The van der Waals surface area contributed by atoms with Crippen LogP contribution in [0.2, 0.25) is 5.02 Å². The summed E-state index contributed by atoms with van der Waals surface area (Å²) in [5.41, 5.74) is 2.37. The molecule has 1 aromatic carbocycles. The lowest BCUT2D eigenvalue weighted by molar-refractivity contribution is 0.300. The Hall–Kier alpha value is -2.44. The number of nitrogens with zero attached hydrogens (tertiary/aromatic N) is 3. The lowest BCUT2D eigenvalue weighted by atomic mass is 10.0. The van der Waals surface area contributed by atoms with Crippen molar-refractivity contribution in [1.82, 2.24) is 15.1 Å². The van der Waals surface area contributed by atoms with Gasteiger partial charge in [-0.1, -0.05) is 11.6 Å². The minimum Gasteiger partial charge on any atom is -0.472 e. The largest absolute Gasteiger partial charge is 0.472 e. The van der Waals surface area contributed by atoms with Crippen LogP contribution in [0, 0.1) is 17.7 Å². The molecule has 3 aromatic rings. The first-order valence-electron chi connectivity index (χ1n) is 9.93. The van der Waals surface area contributed by atoms with Crippen LogP contribution in [0.4, 0.5) is 10.2 Å². The maximum Gasteiger partial charge on any atom is 0.148 e. The zero-order valence-corrected chi connectivity index (χ0v) is 16.6. The van der Waals surface area contributed by atoms with E-state index in [-0.39, 0.29) is 5.82 Å². The molecule has 3 atom stereocenters. The molecule has 1 aliphatic carbocycles. The summed E-state index contributed by atoms with van der Waals surface area (Å²) in [6.07, 6.45) is 5.86. The van der Waals surface area contributed by atoms with Gasteiger partial charge in [0.05, 0.1) is 23.2 Å². The minimum atomic E-state index is -0.340. The van der Waals surface area contributed by atoms with Crippen molar-refractivity contribution in [3.63, 3.8) is 0 Å². The third-order valence-corrected chi connectivity index (χ3v) is 6.36. The molecule has 0 amide bonds. The van der Waals surface area contributed by atoms with E-state index in [0.717, 1.165) is 50.1 Å².